The minimum absolute atomic E-state index is 0.142. The summed E-state index contributed by atoms with van der Waals surface area (Å²) in [6.45, 7) is 0.206. The number of H-pyrrole nitrogens is 1. The molecular weight excluding hydrogens is 192 g/mol. The lowest BCUT2D eigenvalue weighted by molar-refractivity contribution is 0.101. The zero-order chi connectivity index (χ0) is 10.4. The van der Waals surface area contributed by atoms with E-state index in [9.17, 15) is 9.59 Å². The van der Waals surface area contributed by atoms with Gasteiger partial charge in [0.15, 0.2) is 5.78 Å². The van der Waals surface area contributed by atoms with Gasteiger partial charge in [-0.1, -0.05) is 12.1 Å². The van der Waals surface area contributed by atoms with Crippen molar-refractivity contribution in [1.82, 2.24) is 4.98 Å². The monoisotopic (exact) mass is 200 g/mol. The second kappa shape index (κ2) is 2.70. The Kier molecular flexibility index (Phi) is 1.48. The number of nitrogens with one attached hydrogen (secondary N) is 2. The standard InChI is InChI=1S/C11H8N2O2/c14-8-5-12-11-9(8)10(15)6-3-1-2-4-7(6)13-11/h1-4H,5H2,(H2,12,13,15). The van der Waals surface area contributed by atoms with Gasteiger partial charge in [0.1, 0.15) is 11.4 Å². The summed E-state index contributed by atoms with van der Waals surface area (Å²) in [6, 6.07) is 7.18. The van der Waals surface area contributed by atoms with Crippen molar-refractivity contribution < 1.29 is 4.79 Å². The molecule has 3 rings (SSSR count). The van der Waals surface area contributed by atoms with E-state index in [1.165, 1.54) is 0 Å². The van der Waals surface area contributed by atoms with E-state index in [4.69, 9.17) is 0 Å². The number of pyridine rings is 1. The Bertz CT molecular complexity index is 628. The van der Waals surface area contributed by atoms with Crippen molar-refractivity contribution in [2.45, 2.75) is 0 Å². The van der Waals surface area contributed by atoms with Gasteiger partial charge >= 0.3 is 0 Å². The molecule has 1 aromatic carbocycles. The lowest BCUT2D eigenvalue weighted by atomic mass is 10.1. The predicted molar refractivity (Wildman–Crippen MR) is 57.4 cm³/mol. The second-order valence-corrected chi connectivity index (χ2v) is 3.53. The molecule has 0 bridgehead atoms. The van der Waals surface area contributed by atoms with Gasteiger partial charge in [0, 0.05) is 5.39 Å². The van der Waals surface area contributed by atoms with Gasteiger partial charge in [0.2, 0.25) is 5.43 Å². The van der Waals surface area contributed by atoms with Crippen LogP contribution in [-0.2, 0) is 0 Å². The highest BCUT2D eigenvalue weighted by molar-refractivity contribution is 6.09. The first-order chi connectivity index (χ1) is 7.27. The number of para-hydroxylation sites is 1. The maximum Gasteiger partial charge on any atom is 0.202 e. The third-order valence-electron chi connectivity index (χ3n) is 2.61. The molecule has 4 nitrogen and oxygen atoms in total. The van der Waals surface area contributed by atoms with Crippen molar-refractivity contribution in [3.63, 3.8) is 0 Å². The number of Topliss-reactive ketones (excluding diaryl/α,β-unsaturated/α-hetero) is 1. The summed E-state index contributed by atoms with van der Waals surface area (Å²) in [5, 5.41) is 3.44. The Morgan fingerprint density at radius 3 is 2.80 bits per heavy atom. The second-order valence-electron chi connectivity index (χ2n) is 3.53. The van der Waals surface area contributed by atoms with Crippen LogP contribution in [-0.4, -0.2) is 17.3 Å². The van der Waals surface area contributed by atoms with Crippen LogP contribution in [0.15, 0.2) is 29.1 Å². The van der Waals surface area contributed by atoms with Crippen molar-refractivity contribution in [3.8, 4) is 0 Å². The molecule has 2 heterocycles. The van der Waals surface area contributed by atoms with Gasteiger partial charge in [-0.2, -0.15) is 0 Å². The van der Waals surface area contributed by atoms with Gasteiger partial charge in [-0.05, 0) is 12.1 Å². The van der Waals surface area contributed by atoms with Crippen LogP contribution in [0.2, 0.25) is 0 Å². The van der Waals surface area contributed by atoms with Crippen LogP contribution < -0.4 is 10.7 Å². The molecule has 0 radical (unpaired) electrons. The van der Waals surface area contributed by atoms with Crippen LogP contribution in [0.1, 0.15) is 10.4 Å². The molecule has 0 spiro atoms. The number of hydrogen-bond donors (Lipinski definition) is 2. The maximum absolute atomic E-state index is 11.9. The first kappa shape index (κ1) is 8.23. The summed E-state index contributed by atoms with van der Waals surface area (Å²) in [5.41, 5.74) is 0.825. The number of hydrogen-bond acceptors (Lipinski definition) is 3. The van der Waals surface area contributed by atoms with Crippen LogP contribution in [0, 0.1) is 0 Å². The SMILES string of the molecule is O=C1CNc2[nH]c3ccccc3c(=O)c21. The normalized spacial score (nSPS) is 14.0. The van der Waals surface area contributed by atoms with Crippen molar-refractivity contribution in [1.29, 1.82) is 0 Å². The molecule has 2 aromatic rings. The number of rotatable bonds is 0. The minimum atomic E-state index is -0.186. The molecule has 0 fully saturated rings. The van der Waals surface area contributed by atoms with Crippen LogP contribution >= 0.6 is 0 Å². The molecule has 0 unspecified atom stereocenters. The summed E-state index contributed by atoms with van der Waals surface area (Å²) in [7, 11) is 0. The number of fused-ring (bicyclic) bond motifs is 2. The third kappa shape index (κ3) is 1.01. The van der Waals surface area contributed by atoms with Gasteiger partial charge in [0.25, 0.3) is 0 Å². The number of anilines is 1. The first-order valence-corrected chi connectivity index (χ1v) is 4.69. The van der Waals surface area contributed by atoms with Crippen LogP contribution in [0.4, 0.5) is 5.82 Å². The fraction of sp³-hybridized carbons (Fsp3) is 0.0909. The predicted octanol–water partition coefficient (Wildman–Crippen LogP) is 1.14. The van der Waals surface area contributed by atoms with Gasteiger partial charge < -0.3 is 10.3 Å². The lowest BCUT2D eigenvalue weighted by Gasteiger charge is -2.01. The zero-order valence-electron chi connectivity index (χ0n) is 7.83. The summed E-state index contributed by atoms with van der Waals surface area (Å²) in [6.07, 6.45) is 0. The topological polar surface area (TPSA) is 62.0 Å². The number of carbonyl (C=O) groups excluding carboxylic acids is 1. The number of aromatic amines is 1. The molecule has 0 amide bonds. The highest BCUT2D eigenvalue weighted by Crippen LogP contribution is 2.19. The Balaban J connectivity index is 2.52. The third-order valence-corrected chi connectivity index (χ3v) is 2.61. The first-order valence-electron chi connectivity index (χ1n) is 4.69. The average Bonchev–Trinajstić information content (AvgIpc) is 2.61. The Labute approximate surface area is 84.9 Å². The van der Waals surface area contributed by atoms with Crippen molar-refractivity contribution >= 4 is 22.5 Å². The lowest BCUT2D eigenvalue weighted by Crippen LogP contribution is -2.13. The van der Waals surface area contributed by atoms with E-state index < -0.39 is 0 Å². The average molecular weight is 200 g/mol. The molecule has 1 aliphatic heterocycles. The van der Waals surface area contributed by atoms with Gasteiger partial charge in [-0.3, -0.25) is 9.59 Å². The summed E-state index contributed by atoms with van der Waals surface area (Å²) in [4.78, 5) is 26.4. The van der Waals surface area contributed by atoms with E-state index in [1.54, 1.807) is 12.1 Å². The molecule has 4 heteroatoms. The van der Waals surface area contributed by atoms with Crippen LogP contribution in [0.25, 0.3) is 10.9 Å². The number of carbonyl (C=O) groups is 1. The minimum Gasteiger partial charge on any atom is -0.363 e. The smallest absolute Gasteiger partial charge is 0.202 e. The summed E-state index contributed by atoms with van der Waals surface area (Å²) >= 11 is 0. The van der Waals surface area contributed by atoms with Crippen molar-refractivity contribution in [3.05, 3.63) is 40.1 Å². The van der Waals surface area contributed by atoms with Gasteiger partial charge in [-0.25, -0.2) is 0 Å². The Morgan fingerprint density at radius 1 is 1.13 bits per heavy atom. The van der Waals surface area contributed by atoms with E-state index in [0.717, 1.165) is 5.52 Å². The Hall–Kier alpha value is -2.10. The summed E-state index contributed by atoms with van der Waals surface area (Å²) < 4.78 is 0. The fourth-order valence-electron chi connectivity index (χ4n) is 1.89. The van der Waals surface area contributed by atoms with E-state index in [1.807, 2.05) is 12.1 Å². The zero-order valence-corrected chi connectivity index (χ0v) is 7.83. The molecule has 15 heavy (non-hydrogen) atoms. The maximum atomic E-state index is 11.9. The van der Waals surface area contributed by atoms with Crippen molar-refractivity contribution in [2.24, 2.45) is 0 Å². The van der Waals surface area contributed by atoms with Crippen LogP contribution in [0.3, 0.4) is 0 Å². The number of ketones is 1. The van der Waals surface area contributed by atoms with E-state index in [-0.39, 0.29) is 23.3 Å². The largest absolute Gasteiger partial charge is 0.363 e. The van der Waals surface area contributed by atoms with E-state index >= 15 is 0 Å². The quantitative estimate of drug-likeness (QED) is 0.670. The van der Waals surface area contributed by atoms with Crippen molar-refractivity contribution in [2.75, 3.05) is 11.9 Å². The molecule has 2 N–H and O–H groups in total. The molecule has 0 saturated heterocycles. The van der Waals surface area contributed by atoms with E-state index in [0.29, 0.717) is 11.2 Å². The molecule has 74 valence electrons. The molecule has 1 aliphatic rings. The number of aromatic nitrogens is 1. The molecule has 0 saturated carbocycles. The molecule has 0 atom stereocenters. The molecule has 0 aliphatic carbocycles. The number of benzene rings is 1. The fourth-order valence-corrected chi connectivity index (χ4v) is 1.89. The Morgan fingerprint density at radius 2 is 1.93 bits per heavy atom. The highest BCUT2D eigenvalue weighted by atomic mass is 16.1. The van der Waals surface area contributed by atoms with Crippen LogP contribution in [0.5, 0.6) is 0 Å². The van der Waals surface area contributed by atoms with E-state index in [2.05, 4.69) is 10.3 Å². The molecule has 1 aromatic heterocycles. The summed E-state index contributed by atoms with van der Waals surface area (Å²) in [5.74, 6) is 0.403. The molecular formula is C11H8N2O2. The van der Waals surface area contributed by atoms with Gasteiger partial charge in [-0.15, -0.1) is 0 Å². The highest BCUT2D eigenvalue weighted by Gasteiger charge is 2.24. The van der Waals surface area contributed by atoms with Gasteiger partial charge in [0.05, 0.1) is 12.1 Å².